The van der Waals surface area contributed by atoms with E-state index in [0.29, 0.717) is 18.9 Å². The zero-order valence-corrected chi connectivity index (χ0v) is 15.3. The predicted molar refractivity (Wildman–Crippen MR) is 96.2 cm³/mol. The van der Waals surface area contributed by atoms with Crippen LogP contribution in [0.25, 0.3) is 11.3 Å². The van der Waals surface area contributed by atoms with Gasteiger partial charge in [0.15, 0.2) is 11.7 Å². The Bertz CT molecular complexity index is 669. The summed E-state index contributed by atoms with van der Waals surface area (Å²) in [5, 5.41) is 5.87. The second-order valence-corrected chi connectivity index (χ2v) is 4.95. The molecule has 140 valence electrons. The van der Waals surface area contributed by atoms with E-state index in [1.54, 1.807) is 0 Å². The number of aryl methyl sites for hydroxylation is 1. The number of carbonyl (C=O) groups excluding carboxylic acids is 1. The van der Waals surface area contributed by atoms with Crippen LogP contribution in [-0.4, -0.2) is 30.5 Å². The van der Waals surface area contributed by atoms with Crippen LogP contribution in [0.3, 0.4) is 0 Å². The van der Waals surface area contributed by atoms with Crippen molar-refractivity contribution in [2.24, 2.45) is 0 Å². The fourth-order valence-corrected chi connectivity index (χ4v) is 2.02. The summed E-state index contributed by atoms with van der Waals surface area (Å²) >= 11 is 0. The Morgan fingerprint density at radius 2 is 2.00 bits per heavy atom. The van der Waals surface area contributed by atoms with Crippen molar-refractivity contribution in [3.05, 3.63) is 41.9 Å². The Balaban J connectivity index is 0.00000288. The number of oxazole rings is 1. The van der Waals surface area contributed by atoms with Crippen molar-refractivity contribution in [2.45, 2.75) is 19.8 Å². The fourth-order valence-electron chi connectivity index (χ4n) is 2.02. The second kappa shape index (κ2) is 11.8. The van der Waals surface area contributed by atoms with Gasteiger partial charge in [0, 0.05) is 32.0 Å². The maximum absolute atomic E-state index is 13.7. The number of nitrogens with one attached hydrogen (secondary N) is 2. The second-order valence-electron chi connectivity index (χ2n) is 4.95. The van der Waals surface area contributed by atoms with Crippen molar-refractivity contribution in [3.63, 3.8) is 0 Å². The molecule has 1 heterocycles. The standard InChI is InChI=1S/C16H19F2N3O2.2ClH/c1-2-19-7-8-20-15(22)5-6-16-21-10-14(23-16)12-4-3-11(17)9-13(12)18;;/h3-4,9-10,19H,2,5-8H2,1H3,(H,20,22);2*1H. The number of carbonyl (C=O) groups is 1. The summed E-state index contributed by atoms with van der Waals surface area (Å²) < 4.78 is 32.0. The Labute approximate surface area is 157 Å². The first-order valence-electron chi connectivity index (χ1n) is 7.47. The predicted octanol–water partition coefficient (Wildman–Crippen LogP) is 3.12. The number of amides is 1. The van der Waals surface area contributed by atoms with Crippen LogP contribution in [0.1, 0.15) is 19.2 Å². The first-order chi connectivity index (χ1) is 11.1. The first-order valence-corrected chi connectivity index (χ1v) is 7.47. The van der Waals surface area contributed by atoms with Crippen LogP contribution in [0, 0.1) is 11.6 Å². The number of halogens is 4. The third-order valence-electron chi connectivity index (χ3n) is 3.19. The van der Waals surface area contributed by atoms with Gasteiger partial charge in [-0.25, -0.2) is 13.8 Å². The Hall–Kier alpha value is -1.70. The molecule has 25 heavy (non-hydrogen) atoms. The minimum atomic E-state index is -0.714. The van der Waals surface area contributed by atoms with Gasteiger partial charge >= 0.3 is 0 Å². The highest BCUT2D eigenvalue weighted by Crippen LogP contribution is 2.24. The van der Waals surface area contributed by atoms with E-state index in [9.17, 15) is 13.6 Å². The van der Waals surface area contributed by atoms with E-state index in [4.69, 9.17) is 4.42 Å². The topological polar surface area (TPSA) is 67.2 Å². The van der Waals surface area contributed by atoms with Crippen LogP contribution in [0.15, 0.2) is 28.8 Å². The largest absolute Gasteiger partial charge is 0.441 e. The molecule has 2 aromatic rings. The van der Waals surface area contributed by atoms with Crippen LogP contribution < -0.4 is 10.6 Å². The molecule has 0 bridgehead atoms. The first kappa shape index (κ1) is 23.3. The molecule has 0 aliphatic heterocycles. The number of nitrogens with zero attached hydrogens (tertiary/aromatic N) is 1. The molecule has 2 rings (SSSR count). The van der Waals surface area contributed by atoms with E-state index >= 15 is 0 Å². The maximum Gasteiger partial charge on any atom is 0.220 e. The van der Waals surface area contributed by atoms with E-state index < -0.39 is 11.6 Å². The maximum atomic E-state index is 13.7. The Morgan fingerprint density at radius 1 is 1.24 bits per heavy atom. The van der Waals surface area contributed by atoms with Gasteiger partial charge in [-0.05, 0) is 18.7 Å². The van der Waals surface area contributed by atoms with Gasteiger partial charge in [0.2, 0.25) is 5.91 Å². The molecule has 0 aliphatic rings. The van der Waals surface area contributed by atoms with Gasteiger partial charge in [-0.1, -0.05) is 6.92 Å². The van der Waals surface area contributed by atoms with E-state index in [1.807, 2.05) is 6.92 Å². The molecule has 0 spiro atoms. The third kappa shape index (κ3) is 7.37. The fraction of sp³-hybridized carbons (Fsp3) is 0.375. The summed E-state index contributed by atoms with van der Waals surface area (Å²) in [5.41, 5.74) is 0.139. The summed E-state index contributed by atoms with van der Waals surface area (Å²) in [5.74, 6) is -0.916. The minimum Gasteiger partial charge on any atom is -0.441 e. The van der Waals surface area contributed by atoms with Crippen molar-refractivity contribution < 1.29 is 18.0 Å². The SMILES string of the molecule is CCNCCNC(=O)CCc1ncc(-c2ccc(F)cc2F)o1.Cl.Cl. The molecule has 0 saturated carbocycles. The van der Waals surface area contributed by atoms with Gasteiger partial charge < -0.3 is 15.1 Å². The van der Waals surface area contributed by atoms with E-state index in [-0.39, 0.29) is 48.5 Å². The average molecular weight is 396 g/mol. The highest BCUT2D eigenvalue weighted by molar-refractivity contribution is 5.85. The van der Waals surface area contributed by atoms with Gasteiger partial charge in [0.25, 0.3) is 0 Å². The van der Waals surface area contributed by atoms with E-state index in [0.717, 1.165) is 25.2 Å². The quantitative estimate of drug-likeness (QED) is 0.673. The van der Waals surface area contributed by atoms with Gasteiger partial charge in [-0.2, -0.15) is 0 Å². The van der Waals surface area contributed by atoms with E-state index in [1.165, 1.54) is 12.3 Å². The summed E-state index contributed by atoms with van der Waals surface area (Å²) in [6.07, 6.45) is 1.92. The number of aromatic nitrogens is 1. The molecule has 0 unspecified atom stereocenters. The van der Waals surface area contributed by atoms with Gasteiger partial charge in [-0.3, -0.25) is 4.79 Å². The van der Waals surface area contributed by atoms with Crippen LogP contribution in [0.5, 0.6) is 0 Å². The zero-order chi connectivity index (χ0) is 16.7. The lowest BCUT2D eigenvalue weighted by Gasteiger charge is -2.04. The third-order valence-corrected chi connectivity index (χ3v) is 3.19. The molecule has 0 aliphatic carbocycles. The molecule has 5 nitrogen and oxygen atoms in total. The Morgan fingerprint density at radius 3 is 2.68 bits per heavy atom. The molecule has 9 heteroatoms. The zero-order valence-electron chi connectivity index (χ0n) is 13.7. The van der Waals surface area contributed by atoms with Crippen molar-refractivity contribution in [1.29, 1.82) is 0 Å². The number of hydrogen-bond donors (Lipinski definition) is 2. The van der Waals surface area contributed by atoms with Crippen molar-refractivity contribution in [2.75, 3.05) is 19.6 Å². The van der Waals surface area contributed by atoms with Gasteiger partial charge in [-0.15, -0.1) is 24.8 Å². The number of likely N-dealkylation sites (N-methyl/N-ethyl adjacent to an activating group) is 1. The molecule has 0 radical (unpaired) electrons. The van der Waals surface area contributed by atoms with Crippen LogP contribution in [0.4, 0.5) is 8.78 Å². The highest BCUT2D eigenvalue weighted by atomic mass is 35.5. The Kier molecular flexibility index (Phi) is 11.0. The normalized spacial score (nSPS) is 9.88. The molecular formula is C16H21Cl2F2N3O2. The molecule has 2 N–H and O–H groups in total. The van der Waals surface area contributed by atoms with Crippen molar-refractivity contribution in [1.82, 2.24) is 15.6 Å². The van der Waals surface area contributed by atoms with Crippen molar-refractivity contribution >= 4 is 30.7 Å². The molecular weight excluding hydrogens is 375 g/mol. The van der Waals surface area contributed by atoms with Gasteiger partial charge in [0.05, 0.1) is 11.8 Å². The van der Waals surface area contributed by atoms with Gasteiger partial charge in [0.1, 0.15) is 11.6 Å². The lowest BCUT2D eigenvalue weighted by atomic mass is 10.2. The highest BCUT2D eigenvalue weighted by Gasteiger charge is 2.12. The molecule has 0 atom stereocenters. The molecule has 0 saturated heterocycles. The summed E-state index contributed by atoms with van der Waals surface area (Å²) in [4.78, 5) is 15.7. The van der Waals surface area contributed by atoms with Crippen LogP contribution in [-0.2, 0) is 11.2 Å². The molecule has 1 amide bonds. The lowest BCUT2D eigenvalue weighted by molar-refractivity contribution is -0.121. The molecule has 0 fully saturated rings. The average Bonchev–Trinajstić information content (AvgIpc) is 2.98. The number of hydrogen-bond acceptors (Lipinski definition) is 4. The monoisotopic (exact) mass is 395 g/mol. The number of rotatable bonds is 8. The summed E-state index contributed by atoms with van der Waals surface area (Å²) in [6, 6.07) is 3.23. The van der Waals surface area contributed by atoms with E-state index in [2.05, 4.69) is 15.6 Å². The van der Waals surface area contributed by atoms with Crippen LogP contribution >= 0.6 is 24.8 Å². The smallest absolute Gasteiger partial charge is 0.220 e. The summed E-state index contributed by atoms with van der Waals surface area (Å²) in [7, 11) is 0. The molecule has 1 aromatic heterocycles. The van der Waals surface area contributed by atoms with Crippen molar-refractivity contribution in [3.8, 4) is 11.3 Å². The summed E-state index contributed by atoms with van der Waals surface area (Å²) in [6.45, 7) is 4.13. The number of benzene rings is 1. The lowest BCUT2D eigenvalue weighted by Crippen LogP contribution is -2.31. The molecule has 1 aromatic carbocycles. The van der Waals surface area contributed by atoms with Crippen LogP contribution in [0.2, 0.25) is 0 Å². The minimum absolute atomic E-state index is 0.